The van der Waals surface area contributed by atoms with Crippen molar-refractivity contribution in [3.05, 3.63) is 11.8 Å². The van der Waals surface area contributed by atoms with E-state index in [1.54, 1.807) is 13.0 Å². The topological polar surface area (TPSA) is 26.3 Å². The molecule has 1 aliphatic carbocycles. The van der Waals surface area contributed by atoms with Crippen molar-refractivity contribution < 1.29 is 9.22 Å². The van der Waals surface area contributed by atoms with Crippen LogP contribution in [0.2, 0.25) is 13.1 Å². The lowest BCUT2D eigenvalue weighted by Crippen LogP contribution is -2.17. The van der Waals surface area contributed by atoms with Crippen LogP contribution < -0.4 is 0 Å². The molecule has 1 saturated carbocycles. The Kier molecular flexibility index (Phi) is 5.09. The molecule has 0 aromatic rings. The minimum absolute atomic E-state index is 0.116. The number of hydrogen-bond donors (Lipinski definition) is 0. The lowest BCUT2D eigenvalue weighted by atomic mass is 9.87. The highest BCUT2D eigenvalue weighted by molar-refractivity contribution is 6.48. The zero-order valence-corrected chi connectivity index (χ0v) is 11.2. The van der Waals surface area contributed by atoms with Crippen LogP contribution >= 0.6 is 0 Å². The van der Waals surface area contributed by atoms with Gasteiger partial charge in [-0.15, -0.1) is 0 Å². The second-order valence-corrected chi connectivity index (χ2v) is 6.99. The van der Waals surface area contributed by atoms with Gasteiger partial charge in [0.05, 0.1) is 5.76 Å². The van der Waals surface area contributed by atoms with Crippen LogP contribution in [-0.4, -0.2) is 14.8 Å². The molecule has 0 saturated heterocycles. The van der Waals surface area contributed by atoms with Crippen molar-refractivity contribution in [3.63, 3.8) is 0 Å². The summed E-state index contributed by atoms with van der Waals surface area (Å²) >= 11 is 0. The van der Waals surface area contributed by atoms with Gasteiger partial charge in [0.1, 0.15) is 0 Å². The van der Waals surface area contributed by atoms with Crippen LogP contribution in [0.5, 0.6) is 0 Å². The summed E-state index contributed by atoms with van der Waals surface area (Å²) in [5.41, 5.74) is 0. The largest absolute Gasteiger partial charge is 0.550 e. The van der Waals surface area contributed by atoms with Crippen LogP contribution in [0.3, 0.4) is 0 Å². The molecule has 0 heterocycles. The molecule has 15 heavy (non-hydrogen) atoms. The molecule has 0 atom stereocenters. The van der Waals surface area contributed by atoms with Gasteiger partial charge in [-0.1, -0.05) is 19.3 Å². The van der Waals surface area contributed by atoms with E-state index in [0.717, 1.165) is 5.76 Å². The molecule has 0 bridgehead atoms. The number of rotatable bonds is 4. The number of carbonyl (C=O) groups excluding carboxylic acids is 1. The van der Waals surface area contributed by atoms with Crippen molar-refractivity contribution >= 4 is 14.8 Å². The zero-order valence-electron chi connectivity index (χ0n) is 10.1. The van der Waals surface area contributed by atoms with Gasteiger partial charge < -0.3 is 4.43 Å². The normalized spacial score (nSPS) is 19.3. The fourth-order valence-electron chi connectivity index (χ4n) is 2.11. The summed E-state index contributed by atoms with van der Waals surface area (Å²) < 4.78 is 5.88. The van der Waals surface area contributed by atoms with Gasteiger partial charge in [0.2, 0.25) is 9.04 Å². The Morgan fingerprint density at radius 1 is 1.27 bits per heavy atom. The molecule has 0 aromatic heterocycles. The van der Waals surface area contributed by atoms with E-state index in [0.29, 0.717) is 5.92 Å². The highest BCUT2D eigenvalue weighted by Crippen LogP contribution is 2.30. The van der Waals surface area contributed by atoms with Gasteiger partial charge in [0.25, 0.3) is 0 Å². The average Bonchev–Trinajstić information content (AvgIpc) is 2.17. The second-order valence-electron chi connectivity index (χ2n) is 4.66. The van der Waals surface area contributed by atoms with E-state index in [1.165, 1.54) is 32.1 Å². The lowest BCUT2D eigenvalue weighted by molar-refractivity contribution is -0.112. The van der Waals surface area contributed by atoms with Gasteiger partial charge in [0.15, 0.2) is 5.78 Å². The lowest BCUT2D eigenvalue weighted by Gasteiger charge is -2.26. The SMILES string of the molecule is CC(=O)C=C(O[SiH](C)C)C1CCCCC1. The predicted molar refractivity (Wildman–Crippen MR) is 65.3 cm³/mol. The molecule has 0 amide bonds. The molecule has 1 fully saturated rings. The van der Waals surface area contributed by atoms with Crippen LogP contribution in [0.25, 0.3) is 0 Å². The van der Waals surface area contributed by atoms with Gasteiger partial charge in [0, 0.05) is 12.0 Å². The Labute approximate surface area is 94.4 Å². The van der Waals surface area contributed by atoms with Crippen LogP contribution in [0, 0.1) is 5.92 Å². The maximum absolute atomic E-state index is 11.1. The van der Waals surface area contributed by atoms with Crippen molar-refractivity contribution in [2.24, 2.45) is 5.92 Å². The van der Waals surface area contributed by atoms with E-state index >= 15 is 0 Å². The zero-order chi connectivity index (χ0) is 11.3. The third kappa shape index (κ3) is 4.65. The highest BCUT2D eigenvalue weighted by Gasteiger charge is 2.20. The first-order chi connectivity index (χ1) is 7.09. The first-order valence-corrected chi connectivity index (χ1v) is 8.76. The molecule has 0 aliphatic heterocycles. The second kappa shape index (κ2) is 6.11. The summed E-state index contributed by atoms with van der Waals surface area (Å²) in [4.78, 5) is 11.1. The third-order valence-corrected chi connectivity index (χ3v) is 3.47. The first kappa shape index (κ1) is 12.5. The Bertz CT molecular complexity index is 240. The molecule has 0 unspecified atom stereocenters. The summed E-state index contributed by atoms with van der Waals surface area (Å²) in [6.45, 7) is 5.90. The highest BCUT2D eigenvalue weighted by atomic mass is 28.3. The minimum atomic E-state index is -1.08. The van der Waals surface area contributed by atoms with Gasteiger partial charge in [-0.05, 0) is 32.9 Å². The van der Waals surface area contributed by atoms with E-state index in [-0.39, 0.29) is 5.78 Å². The molecule has 3 heteroatoms. The number of ketones is 1. The maximum Gasteiger partial charge on any atom is 0.229 e. The molecular weight excluding hydrogens is 204 g/mol. The Morgan fingerprint density at radius 2 is 1.87 bits per heavy atom. The van der Waals surface area contributed by atoms with E-state index in [1.807, 2.05) is 0 Å². The van der Waals surface area contributed by atoms with Crippen LogP contribution in [0.1, 0.15) is 39.0 Å². The van der Waals surface area contributed by atoms with Crippen LogP contribution in [0.4, 0.5) is 0 Å². The van der Waals surface area contributed by atoms with E-state index in [2.05, 4.69) is 13.1 Å². The molecular formula is C12H22O2Si. The van der Waals surface area contributed by atoms with Crippen molar-refractivity contribution in [2.75, 3.05) is 0 Å². The van der Waals surface area contributed by atoms with Gasteiger partial charge in [-0.2, -0.15) is 0 Å². The van der Waals surface area contributed by atoms with Crippen LogP contribution in [-0.2, 0) is 9.22 Å². The fourth-order valence-corrected chi connectivity index (χ4v) is 2.91. The summed E-state index contributed by atoms with van der Waals surface area (Å²) in [7, 11) is -1.08. The maximum atomic E-state index is 11.1. The van der Waals surface area contributed by atoms with Gasteiger partial charge in [-0.3, -0.25) is 4.79 Å². The Morgan fingerprint density at radius 3 is 2.33 bits per heavy atom. The Hall–Kier alpha value is -0.573. The molecule has 0 radical (unpaired) electrons. The van der Waals surface area contributed by atoms with Crippen molar-refractivity contribution in [2.45, 2.75) is 52.1 Å². The van der Waals surface area contributed by atoms with E-state index < -0.39 is 9.04 Å². The molecule has 0 spiro atoms. The molecule has 0 aromatic carbocycles. The van der Waals surface area contributed by atoms with Crippen molar-refractivity contribution in [1.29, 1.82) is 0 Å². The molecule has 0 N–H and O–H groups in total. The third-order valence-electron chi connectivity index (χ3n) is 2.72. The molecule has 86 valence electrons. The summed E-state index contributed by atoms with van der Waals surface area (Å²) in [6, 6.07) is 0. The molecule has 1 rings (SSSR count). The summed E-state index contributed by atoms with van der Waals surface area (Å²) in [5.74, 6) is 1.60. The first-order valence-electron chi connectivity index (χ1n) is 5.98. The quantitative estimate of drug-likeness (QED) is 0.418. The minimum Gasteiger partial charge on any atom is -0.550 e. The van der Waals surface area contributed by atoms with E-state index in [9.17, 15) is 4.79 Å². The Balaban J connectivity index is 2.65. The van der Waals surface area contributed by atoms with Crippen molar-refractivity contribution in [1.82, 2.24) is 0 Å². The number of hydrogen-bond acceptors (Lipinski definition) is 2. The summed E-state index contributed by atoms with van der Waals surface area (Å²) in [6.07, 6.45) is 8.00. The van der Waals surface area contributed by atoms with E-state index in [4.69, 9.17) is 4.43 Å². The molecule has 2 nitrogen and oxygen atoms in total. The smallest absolute Gasteiger partial charge is 0.229 e. The van der Waals surface area contributed by atoms with Gasteiger partial charge in [-0.25, -0.2) is 0 Å². The monoisotopic (exact) mass is 226 g/mol. The average molecular weight is 226 g/mol. The molecule has 1 aliphatic rings. The van der Waals surface area contributed by atoms with Crippen molar-refractivity contribution in [3.8, 4) is 0 Å². The number of carbonyl (C=O) groups is 1. The fraction of sp³-hybridized carbons (Fsp3) is 0.750. The van der Waals surface area contributed by atoms with Gasteiger partial charge >= 0.3 is 0 Å². The van der Waals surface area contributed by atoms with Crippen LogP contribution in [0.15, 0.2) is 11.8 Å². The standard InChI is InChI=1S/C12H22O2Si/c1-10(13)9-12(14-15(2)3)11-7-5-4-6-8-11/h9,11,15H,4-8H2,1-3H3. The summed E-state index contributed by atoms with van der Waals surface area (Å²) in [5, 5.41) is 0. The predicted octanol–water partition coefficient (Wildman–Crippen LogP) is 3.04. The number of allylic oxidation sites excluding steroid dienone is 2.